The van der Waals surface area contributed by atoms with Crippen LogP contribution in [0.15, 0.2) is 47.4 Å². The number of likely N-dealkylation sites (N-methyl/N-ethyl adjacent to an activating group) is 1. The molecular formula is C18H22N4O5S. The van der Waals surface area contributed by atoms with Gasteiger partial charge in [-0.05, 0) is 37.2 Å². The largest absolute Gasteiger partial charge is 0.371 e. The Kier molecular flexibility index (Phi) is 6.71. The molecule has 9 nitrogen and oxygen atoms in total. The van der Waals surface area contributed by atoms with Gasteiger partial charge in [0.15, 0.2) is 0 Å². The zero-order valence-corrected chi connectivity index (χ0v) is 16.6. The Labute approximate surface area is 163 Å². The van der Waals surface area contributed by atoms with Crippen molar-refractivity contribution < 1.29 is 18.1 Å². The summed E-state index contributed by atoms with van der Waals surface area (Å²) >= 11 is 0. The second-order valence-electron chi connectivity index (χ2n) is 6.17. The number of nitro groups is 1. The summed E-state index contributed by atoms with van der Waals surface area (Å²) in [6, 6.07) is 11.2. The van der Waals surface area contributed by atoms with Crippen molar-refractivity contribution in [2.75, 3.05) is 26.0 Å². The number of nitrogens with zero attached hydrogens (tertiary/aromatic N) is 2. The molecule has 2 aromatic rings. The van der Waals surface area contributed by atoms with Gasteiger partial charge in [-0.2, -0.15) is 0 Å². The third-order valence-electron chi connectivity index (χ3n) is 4.27. The Bertz CT molecular complexity index is 991. The Morgan fingerprint density at radius 2 is 1.89 bits per heavy atom. The van der Waals surface area contributed by atoms with Gasteiger partial charge in [-0.1, -0.05) is 24.3 Å². The summed E-state index contributed by atoms with van der Waals surface area (Å²) in [5, 5.41) is 14.0. The molecule has 28 heavy (non-hydrogen) atoms. The lowest BCUT2D eigenvalue weighted by Gasteiger charge is -2.19. The van der Waals surface area contributed by atoms with Gasteiger partial charge >= 0.3 is 0 Å². The van der Waals surface area contributed by atoms with E-state index < -0.39 is 20.6 Å². The fourth-order valence-electron chi connectivity index (χ4n) is 2.53. The first kappa shape index (κ1) is 21.3. The Hall–Kier alpha value is -2.98. The van der Waals surface area contributed by atoms with E-state index in [0.717, 1.165) is 17.2 Å². The van der Waals surface area contributed by atoms with Gasteiger partial charge in [0.1, 0.15) is 5.69 Å². The highest BCUT2D eigenvalue weighted by Crippen LogP contribution is 2.27. The normalized spacial score (nSPS) is 11.1. The first-order valence-electron chi connectivity index (χ1n) is 8.40. The molecule has 150 valence electrons. The number of aryl methyl sites for hydroxylation is 1. The van der Waals surface area contributed by atoms with Gasteiger partial charge in [0.05, 0.1) is 16.4 Å². The number of hydrogen-bond acceptors (Lipinski definition) is 6. The molecule has 1 amide bonds. The average molecular weight is 406 g/mol. The van der Waals surface area contributed by atoms with Gasteiger partial charge in [0, 0.05) is 19.7 Å². The van der Waals surface area contributed by atoms with Crippen molar-refractivity contribution >= 4 is 27.3 Å². The summed E-state index contributed by atoms with van der Waals surface area (Å²) in [5.41, 5.74) is 1.71. The zero-order chi connectivity index (χ0) is 20.9. The quantitative estimate of drug-likeness (QED) is 0.510. The molecular weight excluding hydrogens is 384 g/mol. The van der Waals surface area contributed by atoms with Crippen LogP contribution in [0.2, 0.25) is 0 Å². The molecule has 2 rings (SSSR count). The number of sulfonamides is 1. The number of benzene rings is 2. The van der Waals surface area contributed by atoms with Gasteiger partial charge in [0.2, 0.25) is 15.9 Å². The maximum Gasteiger partial charge on any atom is 0.293 e. The number of carbonyl (C=O) groups is 1. The molecule has 2 aromatic carbocycles. The Balaban J connectivity index is 2.12. The predicted molar refractivity (Wildman–Crippen MR) is 105 cm³/mol. The summed E-state index contributed by atoms with van der Waals surface area (Å²) in [7, 11) is -0.947. The Morgan fingerprint density at radius 3 is 2.50 bits per heavy atom. The number of nitro benzene ring substituents is 1. The van der Waals surface area contributed by atoms with Crippen LogP contribution in [0.4, 0.5) is 11.4 Å². The summed E-state index contributed by atoms with van der Waals surface area (Å²) in [6.07, 6.45) is 0. The molecule has 0 saturated heterocycles. The topological polar surface area (TPSA) is 122 Å². The molecule has 0 fully saturated rings. The van der Waals surface area contributed by atoms with E-state index in [1.165, 1.54) is 24.1 Å². The lowest BCUT2D eigenvalue weighted by Crippen LogP contribution is -2.32. The first-order valence-corrected chi connectivity index (χ1v) is 9.88. The van der Waals surface area contributed by atoms with E-state index in [1.54, 1.807) is 7.05 Å². The maximum atomic E-state index is 12.4. The zero-order valence-electron chi connectivity index (χ0n) is 15.8. The van der Waals surface area contributed by atoms with Crippen molar-refractivity contribution in [2.24, 2.45) is 0 Å². The molecule has 0 radical (unpaired) electrons. The average Bonchev–Trinajstić information content (AvgIpc) is 2.67. The van der Waals surface area contributed by atoms with Crippen LogP contribution in [-0.2, 0) is 21.4 Å². The van der Waals surface area contributed by atoms with Crippen LogP contribution in [-0.4, -0.2) is 44.8 Å². The second-order valence-corrected chi connectivity index (χ2v) is 8.06. The van der Waals surface area contributed by atoms with Crippen LogP contribution in [0.3, 0.4) is 0 Å². The van der Waals surface area contributed by atoms with Gasteiger partial charge in [-0.25, -0.2) is 13.1 Å². The van der Waals surface area contributed by atoms with E-state index >= 15 is 0 Å². The highest BCUT2D eigenvalue weighted by atomic mass is 32.2. The molecule has 0 unspecified atom stereocenters. The fraction of sp³-hybridized carbons (Fsp3) is 0.278. The molecule has 10 heteroatoms. The van der Waals surface area contributed by atoms with Crippen LogP contribution < -0.4 is 10.0 Å². The lowest BCUT2D eigenvalue weighted by molar-refractivity contribution is -0.384. The van der Waals surface area contributed by atoms with E-state index in [4.69, 9.17) is 0 Å². The van der Waals surface area contributed by atoms with E-state index in [1.807, 2.05) is 31.2 Å². The second kappa shape index (κ2) is 8.81. The minimum Gasteiger partial charge on any atom is -0.371 e. The van der Waals surface area contributed by atoms with Crippen LogP contribution in [0.1, 0.15) is 11.1 Å². The van der Waals surface area contributed by atoms with E-state index in [0.29, 0.717) is 6.54 Å². The highest BCUT2D eigenvalue weighted by molar-refractivity contribution is 7.89. The van der Waals surface area contributed by atoms with Crippen LogP contribution in [0.5, 0.6) is 0 Å². The van der Waals surface area contributed by atoms with Crippen molar-refractivity contribution in [3.63, 3.8) is 0 Å². The standard InChI is InChI=1S/C18H22N4O5S/c1-13-6-4-5-7-14(13)12-21(3)18(23)11-20-16-9-8-15(28(26,27)19-2)10-17(16)22(24)25/h4-10,19-20H,11-12H2,1-3H3. The van der Waals surface area contributed by atoms with E-state index in [-0.39, 0.29) is 23.0 Å². The van der Waals surface area contributed by atoms with Crippen LogP contribution in [0, 0.1) is 17.0 Å². The maximum absolute atomic E-state index is 12.4. The van der Waals surface area contributed by atoms with Crippen LogP contribution in [0.25, 0.3) is 0 Å². The SMILES string of the molecule is CNS(=O)(=O)c1ccc(NCC(=O)N(C)Cc2ccccc2C)c([N+](=O)[O-])c1. The van der Waals surface area contributed by atoms with Gasteiger partial charge < -0.3 is 10.2 Å². The number of hydrogen-bond donors (Lipinski definition) is 2. The van der Waals surface area contributed by atoms with Gasteiger partial charge in [-0.3, -0.25) is 14.9 Å². The fourth-order valence-corrected chi connectivity index (χ4v) is 3.28. The Morgan fingerprint density at radius 1 is 1.21 bits per heavy atom. The summed E-state index contributed by atoms with van der Waals surface area (Å²) in [5.74, 6) is -0.260. The van der Waals surface area contributed by atoms with Crippen molar-refractivity contribution in [2.45, 2.75) is 18.4 Å². The smallest absolute Gasteiger partial charge is 0.293 e. The summed E-state index contributed by atoms with van der Waals surface area (Å²) in [6.45, 7) is 2.20. The van der Waals surface area contributed by atoms with E-state index in [2.05, 4.69) is 10.0 Å². The number of rotatable bonds is 8. The van der Waals surface area contributed by atoms with Crippen molar-refractivity contribution in [1.82, 2.24) is 9.62 Å². The third-order valence-corrected chi connectivity index (χ3v) is 5.68. The minimum absolute atomic E-state index is 0.0673. The molecule has 2 N–H and O–H groups in total. The predicted octanol–water partition coefficient (Wildman–Crippen LogP) is 1.88. The highest BCUT2D eigenvalue weighted by Gasteiger charge is 2.21. The molecule has 0 aromatic heterocycles. The third kappa shape index (κ3) is 5.05. The van der Waals surface area contributed by atoms with Gasteiger partial charge in [-0.15, -0.1) is 0 Å². The summed E-state index contributed by atoms with van der Waals surface area (Å²) < 4.78 is 25.8. The van der Waals surface area contributed by atoms with Crippen molar-refractivity contribution in [3.05, 3.63) is 63.7 Å². The number of amides is 1. The number of carbonyl (C=O) groups excluding carboxylic acids is 1. The van der Waals surface area contributed by atoms with Crippen LogP contribution >= 0.6 is 0 Å². The molecule has 0 atom stereocenters. The molecule has 0 bridgehead atoms. The van der Waals surface area contributed by atoms with E-state index in [9.17, 15) is 23.3 Å². The molecule has 0 aliphatic heterocycles. The molecule has 0 saturated carbocycles. The monoisotopic (exact) mass is 406 g/mol. The molecule has 0 spiro atoms. The van der Waals surface area contributed by atoms with Crippen molar-refractivity contribution in [3.8, 4) is 0 Å². The first-order chi connectivity index (χ1) is 13.2. The minimum atomic E-state index is -3.81. The summed E-state index contributed by atoms with van der Waals surface area (Å²) in [4.78, 5) is 24.3. The molecule has 0 aliphatic rings. The number of nitrogens with one attached hydrogen (secondary N) is 2. The van der Waals surface area contributed by atoms with Crippen molar-refractivity contribution in [1.29, 1.82) is 0 Å². The number of anilines is 1. The molecule has 0 heterocycles. The lowest BCUT2D eigenvalue weighted by atomic mass is 10.1. The van der Waals surface area contributed by atoms with Gasteiger partial charge in [0.25, 0.3) is 5.69 Å². The molecule has 0 aliphatic carbocycles.